The number of hydrogen-bond acceptors (Lipinski definition) is 0. The topological polar surface area (TPSA) is 4.93 Å². The number of rotatable bonds is 2. The van der Waals surface area contributed by atoms with E-state index in [1.807, 2.05) is 0 Å². The molecule has 1 aromatic heterocycles. The third-order valence-corrected chi connectivity index (χ3v) is 14.1. The lowest BCUT2D eigenvalue weighted by atomic mass is 9.92. The van der Waals surface area contributed by atoms with Crippen LogP contribution in [0.5, 0.6) is 0 Å². The van der Waals surface area contributed by atoms with Gasteiger partial charge < -0.3 is 4.57 Å². The number of para-hydroxylation sites is 1. The molecule has 0 amide bonds. The minimum atomic E-state index is -1.72. The molecule has 46 heavy (non-hydrogen) atoms. The molecule has 9 aromatic rings. The van der Waals surface area contributed by atoms with E-state index in [0.717, 1.165) is 0 Å². The van der Waals surface area contributed by atoms with Gasteiger partial charge in [-0.05, 0) is 95.3 Å². The highest BCUT2D eigenvalue weighted by atomic mass is 28.3. The highest BCUT2D eigenvalue weighted by Gasteiger charge is 2.37. The van der Waals surface area contributed by atoms with E-state index in [-0.39, 0.29) is 0 Å². The van der Waals surface area contributed by atoms with Gasteiger partial charge in [0, 0.05) is 16.5 Å². The molecule has 1 aliphatic heterocycles. The van der Waals surface area contributed by atoms with Gasteiger partial charge in [-0.2, -0.15) is 0 Å². The molecule has 216 valence electrons. The molecule has 0 saturated carbocycles. The molecule has 10 rings (SSSR count). The third kappa shape index (κ3) is 3.45. The van der Waals surface area contributed by atoms with Crippen molar-refractivity contribution in [2.45, 2.75) is 13.1 Å². The molecule has 0 saturated heterocycles. The molecule has 0 spiro atoms. The van der Waals surface area contributed by atoms with Crippen molar-refractivity contribution in [2.24, 2.45) is 0 Å². The van der Waals surface area contributed by atoms with Crippen LogP contribution in [-0.2, 0) is 0 Å². The van der Waals surface area contributed by atoms with E-state index in [4.69, 9.17) is 0 Å². The minimum absolute atomic E-state index is 1.22. The quantitative estimate of drug-likeness (QED) is 0.137. The van der Waals surface area contributed by atoms with Crippen LogP contribution in [0.15, 0.2) is 152 Å². The SMILES string of the molecule is C[Si]1(C)c2ccccc2-c2cc(-n3c4ccccc4c4ccc(-c5ccc6c7ccccc7c7ccccc7c6c5)cc43)ccc21. The predicted molar refractivity (Wildman–Crippen MR) is 201 cm³/mol. The molecule has 0 radical (unpaired) electrons. The number of fused-ring (bicyclic) bond motifs is 12. The highest BCUT2D eigenvalue weighted by Crippen LogP contribution is 2.40. The summed E-state index contributed by atoms with van der Waals surface area (Å²) in [6.45, 7) is 4.97. The zero-order valence-electron chi connectivity index (χ0n) is 25.9. The first-order valence-electron chi connectivity index (χ1n) is 16.2. The molecule has 0 bridgehead atoms. The van der Waals surface area contributed by atoms with E-state index in [1.165, 1.54) is 87.3 Å². The van der Waals surface area contributed by atoms with Gasteiger partial charge in [0.1, 0.15) is 8.07 Å². The van der Waals surface area contributed by atoms with Crippen LogP contribution in [0.1, 0.15) is 0 Å². The fourth-order valence-electron chi connectivity index (χ4n) is 8.36. The monoisotopic (exact) mass is 601 g/mol. The Morgan fingerprint density at radius 3 is 1.63 bits per heavy atom. The fraction of sp³-hybridized carbons (Fsp3) is 0.0455. The normalized spacial score (nSPS) is 13.6. The highest BCUT2D eigenvalue weighted by molar-refractivity contribution is 7.03. The second-order valence-corrected chi connectivity index (χ2v) is 17.7. The van der Waals surface area contributed by atoms with Crippen LogP contribution in [0.3, 0.4) is 0 Å². The van der Waals surface area contributed by atoms with Crippen molar-refractivity contribution in [2.75, 3.05) is 0 Å². The maximum atomic E-state index is 2.49. The number of hydrogen-bond donors (Lipinski definition) is 0. The minimum Gasteiger partial charge on any atom is -0.309 e. The lowest BCUT2D eigenvalue weighted by Crippen LogP contribution is -2.49. The molecule has 2 heterocycles. The van der Waals surface area contributed by atoms with Crippen molar-refractivity contribution in [1.82, 2.24) is 4.57 Å². The molecule has 0 aliphatic carbocycles. The van der Waals surface area contributed by atoms with Crippen LogP contribution in [0, 0.1) is 0 Å². The van der Waals surface area contributed by atoms with E-state index >= 15 is 0 Å². The van der Waals surface area contributed by atoms with Crippen molar-refractivity contribution in [3.05, 3.63) is 152 Å². The van der Waals surface area contributed by atoms with Gasteiger partial charge in [0.2, 0.25) is 0 Å². The van der Waals surface area contributed by atoms with E-state index in [9.17, 15) is 0 Å². The number of aromatic nitrogens is 1. The molecule has 2 heteroatoms. The summed E-state index contributed by atoms with van der Waals surface area (Å²) in [5, 5.41) is 13.5. The second kappa shape index (κ2) is 9.29. The molecular formula is C44H31NSi. The standard InChI is InChI=1S/C44H31NSi/c1-46(2)43-18-10-8-16-38(43)40-27-30(21-24-44(40)46)45-41-17-9-7-15-36(41)37-23-20-29(26-42(37)45)28-19-22-35-33-13-4-3-11-31(33)32-12-5-6-14-34(32)39(35)25-28/h3-27H,1-2H3. The van der Waals surface area contributed by atoms with Gasteiger partial charge in [-0.1, -0.05) is 134 Å². The van der Waals surface area contributed by atoms with E-state index in [2.05, 4.69) is 169 Å². The first-order chi connectivity index (χ1) is 22.6. The van der Waals surface area contributed by atoms with Gasteiger partial charge in [-0.15, -0.1) is 0 Å². The molecule has 8 aromatic carbocycles. The Bertz CT molecular complexity index is 2690. The summed E-state index contributed by atoms with van der Waals surface area (Å²) in [5.41, 5.74) is 8.99. The largest absolute Gasteiger partial charge is 0.309 e. The molecule has 0 atom stereocenters. The van der Waals surface area contributed by atoms with Gasteiger partial charge in [0.15, 0.2) is 0 Å². The Labute approximate surface area is 269 Å². The predicted octanol–water partition coefficient (Wildman–Crippen LogP) is 10.7. The molecule has 1 nitrogen and oxygen atoms in total. The number of benzene rings is 8. The smallest absolute Gasteiger partial charge is 0.113 e. The Hall–Kier alpha value is -5.44. The molecule has 1 aliphatic rings. The van der Waals surface area contributed by atoms with Crippen LogP contribution >= 0.6 is 0 Å². The average Bonchev–Trinajstić information content (AvgIpc) is 3.56. The number of nitrogens with zero attached hydrogens (tertiary/aromatic N) is 1. The molecule has 0 fully saturated rings. The summed E-state index contributed by atoms with van der Waals surface area (Å²) in [7, 11) is -1.72. The Kier molecular flexibility index (Phi) is 5.22. The summed E-state index contributed by atoms with van der Waals surface area (Å²) < 4.78 is 2.48. The van der Waals surface area contributed by atoms with Crippen LogP contribution in [0.25, 0.3) is 82.1 Å². The zero-order valence-corrected chi connectivity index (χ0v) is 26.9. The van der Waals surface area contributed by atoms with Gasteiger partial charge in [-0.3, -0.25) is 0 Å². The lowest BCUT2D eigenvalue weighted by molar-refractivity contribution is 1.18. The second-order valence-electron chi connectivity index (χ2n) is 13.3. The molecular weight excluding hydrogens is 571 g/mol. The van der Waals surface area contributed by atoms with E-state index in [0.29, 0.717) is 0 Å². The maximum absolute atomic E-state index is 2.49. The van der Waals surface area contributed by atoms with Crippen molar-refractivity contribution >= 4 is 72.6 Å². The summed E-state index contributed by atoms with van der Waals surface area (Å²) >= 11 is 0. The van der Waals surface area contributed by atoms with Crippen LogP contribution in [-0.4, -0.2) is 12.6 Å². The zero-order chi connectivity index (χ0) is 30.6. The summed E-state index contributed by atoms with van der Waals surface area (Å²) in [6.07, 6.45) is 0. The maximum Gasteiger partial charge on any atom is 0.113 e. The summed E-state index contributed by atoms with van der Waals surface area (Å²) in [5.74, 6) is 0. The van der Waals surface area contributed by atoms with E-state index in [1.54, 1.807) is 5.19 Å². The van der Waals surface area contributed by atoms with Gasteiger partial charge >= 0.3 is 0 Å². The average molecular weight is 602 g/mol. The lowest BCUT2D eigenvalue weighted by Gasteiger charge is -2.19. The third-order valence-electron chi connectivity index (χ3n) is 10.6. The van der Waals surface area contributed by atoms with Crippen LogP contribution in [0.4, 0.5) is 0 Å². The van der Waals surface area contributed by atoms with Gasteiger partial charge in [0.25, 0.3) is 0 Å². The molecule has 0 unspecified atom stereocenters. The van der Waals surface area contributed by atoms with Crippen LogP contribution in [0.2, 0.25) is 13.1 Å². The van der Waals surface area contributed by atoms with E-state index < -0.39 is 8.07 Å². The summed E-state index contributed by atoms with van der Waals surface area (Å²) in [6, 6.07) is 56.8. The van der Waals surface area contributed by atoms with Gasteiger partial charge in [0.05, 0.1) is 11.0 Å². The molecule has 0 N–H and O–H groups in total. The first kappa shape index (κ1) is 25.8. The Morgan fingerprint density at radius 1 is 0.370 bits per heavy atom. The Balaban J connectivity index is 1.22. The van der Waals surface area contributed by atoms with Crippen molar-refractivity contribution in [3.63, 3.8) is 0 Å². The van der Waals surface area contributed by atoms with Gasteiger partial charge in [-0.25, -0.2) is 0 Å². The summed E-state index contributed by atoms with van der Waals surface area (Å²) in [4.78, 5) is 0. The fourth-order valence-corrected chi connectivity index (χ4v) is 11.4. The Morgan fingerprint density at radius 2 is 0.891 bits per heavy atom. The van der Waals surface area contributed by atoms with Crippen molar-refractivity contribution in [1.29, 1.82) is 0 Å². The first-order valence-corrected chi connectivity index (χ1v) is 19.2. The van der Waals surface area contributed by atoms with Crippen LogP contribution < -0.4 is 10.4 Å². The van der Waals surface area contributed by atoms with Crippen molar-refractivity contribution < 1.29 is 0 Å². The van der Waals surface area contributed by atoms with Crippen molar-refractivity contribution in [3.8, 4) is 27.9 Å².